The summed E-state index contributed by atoms with van der Waals surface area (Å²) < 4.78 is 2.11. The Morgan fingerprint density at radius 3 is 2.81 bits per heavy atom. The van der Waals surface area contributed by atoms with E-state index in [-0.39, 0.29) is 0 Å². The van der Waals surface area contributed by atoms with Crippen LogP contribution in [0.5, 0.6) is 0 Å². The zero-order valence-electron chi connectivity index (χ0n) is 10.2. The first-order chi connectivity index (χ1) is 7.72. The predicted molar refractivity (Wildman–Crippen MR) is 68.7 cm³/mol. The van der Waals surface area contributed by atoms with Crippen LogP contribution in [-0.4, -0.2) is 15.6 Å². The number of fused-ring (bicyclic) bond motifs is 1. The first-order valence-electron chi connectivity index (χ1n) is 5.90. The minimum absolute atomic E-state index is 0.473. The summed E-state index contributed by atoms with van der Waals surface area (Å²) >= 11 is 0. The Bertz CT molecular complexity index is 473. The number of aryl methyl sites for hydroxylation is 1. The van der Waals surface area contributed by atoms with Crippen molar-refractivity contribution in [1.29, 1.82) is 0 Å². The van der Waals surface area contributed by atoms with E-state index >= 15 is 0 Å². The highest BCUT2D eigenvalue weighted by Gasteiger charge is 2.08. The van der Waals surface area contributed by atoms with E-state index in [1.807, 2.05) is 18.2 Å². The van der Waals surface area contributed by atoms with Gasteiger partial charge < -0.3 is 9.88 Å². The SMILES string of the molecule is CCCC(C)Nc1nc2ccccc2n1C. The normalized spacial score (nSPS) is 12.9. The second-order valence-corrected chi connectivity index (χ2v) is 4.32. The third-order valence-corrected chi connectivity index (χ3v) is 2.88. The average molecular weight is 217 g/mol. The van der Waals surface area contributed by atoms with E-state index in [4.69, 9.17) is 0 Å². The first kappa shape index (κ1) is 11.0. The summed E-state index contributed by atoms with van der Waals surface area (Å²) in [6.45, 7) is 4.40. The smallest absolute Gasteiger partial charge is 0.203 e. The number of hydrogen-bond donors (Lipinski definition) is 1. The van der Waals surface area contributed by atoms with Crippen molar-refractivity contribution in [2.45, 2.75) is 32.7 Å². The molecule has 0 fully saturated rings. The van der Waals surface area contributed by atoms with Crippen LogP contribution in [0.15, 0.2) is 24.3 Å². The second-order valence-electron chi connectivity index (χ2n) is 4.32. The van der Waals surface area contributed by atoms with Gasteiger partial charge in [-0.25, -0.2) is 4.98 Å². The lowest BCUT2D eigenvalue weighted by atomic mass is 10.2. The molecule has 0 saturated heterocycles. The summed E-state index contributed by atoms with van der Waals surface area (Å²) in [5.41, 5.74) is 2.23. The van der Waals surface area contributed by atoms with Crippen molar-refractivity contribution in [2.75, 3.05) is 5.32 Å². The van der Waals surface area contributed by atoms with Crippen LogP contribution < -0.4 is 5.32 Å². The third-order valence-electron chi connectivity index (χ3n) is 2.88. The van der Waals surface area contributed by atoms with Gasteiger partial charge >= 0.3 is 0 Å². The molecule has 0 saturated carbocycles. The topological polar surface area (TPSA) is 29.9 Å². The molecule has 0 radical (unpaired) electrons. The fourth-order valence-electron chi connectivity index (χ4n) is 2.00. The summed E-state index contributed by atoms with van der Waals surface area (Å²) in [5.74, 6) is 0.960. The Labute approximate surface area is 96.5 Å². The fraction of sp³-hybridized carbons (Fsp3) is 0.462. The summed E-state index contributed by atoms with van der Waals surface area (Å²) in [5, 5.41) is 3.45. The maximum atomic E-state index is 4.59. The minimum atomic E-state index is 0.473. The predicted octanol–water partition coefficient (Wildman–Crippen LogP) is 3.17. The average Bonchev–Trinajstić information content (AvgIpc) is 2.57. The molecule has 0 aliphatic rings. The maximum absolute atomic E-state index is 4.59. The maximum Gasteiger partial charge on any atom is 0.203 e. The Kier molecular flexibility index (Phi) is 3.13. The number of para-hydroxylation sites is 2. The molecule has 1 aromatic heterocycles. The molecule has 1 atom stereocenters. The van der Waals surface area contributed by atoms with Crippen LogP contribution >= 0.6 is 0 Å². The van der Waals surface area contributed by atoms with E-state index in [0.717, 1.165) is 11.5 Å². The van der Waals surface area contributed by atoms with E-state index < -0.39 is 0 Å². The summed E-state index contributed by atoms with van der Waals surface area (Å²) in [7, 11) is 2.05. The van der Waals surface area contributed by atoms with Crippen LogP contribution in [-0.2, 0) is 7.05 Å². The Morgan fingerprint density at radius 2 is 2.12 bits per heavy atom. The van der Waals surface area contributed by atoms with E-state index in [0.29, 0.717) is 6.04 Å². The van der Waals surface area contributed by atoms with Gasteiger partial charge in [-0.3, -0.25) is 0 Å². The molecule has 1 aromatic carbocycles. The molecule has 0 spiro atoms. The van der Waals surface area contributed by atoms with Crippen LogP contribution in [0.25, 0.3) is 11.0 Å². The standard InChI is InChI=1S/C13H19N3/c1-4-7-10(2)14-13-15-11-8-5-6-9-12(11)16(13)3/h5-6,8-10H,4,7H2,1-3H3,(H,14,15). The molecule has 2 rings (SSSR count). The molecule has 0 aliphatic carbocycles. The zero-order valence-corrected chi connectivity index (χ0v) is 10.2. The van der Waals surface area contributed by atoms with Gasteiger partial charge in [0.25, 0.3) is 0 Å². The number of rotatable bonds is 4. The van der Waals surface area contributed by atoms with Crippen LogP contribution in [0.1, 0.15) is 26.7 Å². The van der Waals surface area contributed by atoms with E-state index in [1.54, 1.807) is 0 Å². The lowest BCUT2D eigenvalue weighted by Crippen LogP contribution is -2.17. The van der Waals surface area contributed by atoms with Gasteiger partial charge in [-0.15, -0.1) is 0 Å². The van der Waals surface area contributed by atoms with Crippen molar-refractivity contribution < 1.29 is 0 Å². The molecule has 1 unspecified atom stereocenters. The molecular formula is C13H19N3. The molecule has 1 heterocycles. The fourth-order valence-corrected chi connectivity index (χ4v) is 2.00. The Morgan fingerprint density at radius 1 is 1.38 bits per heavy atom. The molecular weight excluding hydrogens is 198 g/mol. The lowest BCUT2D eigenvalue weighted by molar-refractivity contribution is 0.679. The van der Waals surface area contributed by atoms with E-state index in [2.05, 4.69) is 41.8 Å². The highest BCUT2D eigenvalue weighted by molar-refractivity contribution is 5.78. The molecule has 16 heavy (non-hydrogen) atoms. The Balaban J connectivity index is 2.27. The number of nitrogens with zero attached hydrogens (tertiary/aromatic N) is 2. The molecule has 2 aromatic rings. The quantitative estimate of drug-likeness (QED) is 0.852. The van der Waals surface area contributed by atoms with Crippen molar-refractivity contribution in [2.24, 2.45) is 7.05 Å². The molecule has 0 aliphatic heterocycles. The van der Waals surface area contributed by atoms with Gasteiger partial charge in [0.1, 0.15) is 0 Å². The monoisotopic (exact) mass is 217 g/mol. The zero-order chi connectivity index (χ0) is 11.5. The van der Waals surface area contributed by atoms with Crippen LogP contribution in [0.4, 0.5) is 5.95 Å². The van der Waals surface area contributed by atoms with E-state index in [9.17, 15) is 0 Å². The summed E-state index contributed by atoms with van der Waals surface area (Å²) in [4.78, 5) is 4.59. The van der Waals surface area contributed by atoms with Crippen molar-refractivity contribution in [3.63, 3.8) is 0 Å². The number of nitrogens with one attached hydrogen (secondary N) is 1. The highest BCUT2D eigenvalue weighted by atomic mass is 15.2. The Hall–Kier alpha value is -1.51. The third kappa shape index (κ3) is 2.03. The van der Waals surface area contributed by atoms with Crippen molar-refractivity contribution in [3.8, 4) is 0 Å². The van der Waals surface area contributed by atoms with Crippen LogP contribution in [0.3, 0.4) is 0 Å². The van der Waals surface area contributed by atoms with Crippen molar-refractivity contribution in [3.05, 3.63) is 24.3 Å². The largest absolute Gasteiger partial charge is 0.353 e. The second kappa shape index (κ2) is 4.56. The van der Waals surface area contributed by atoms with E-state index in [1.165, 1.54) is 18.4 Å². The van der Waals surface area contributed by atoms with Gasteiger partial charge in [0.15, 0.2) is 0 Å². The molecule has 3 nitrogen and oxygen atoms in total. The highest BCUT2D eigenvalue weighted by Crippen LogP contribution is 2.18. The number of aromatic nitrogens is 2. The minimum Gasteiger partial charge on any atom is -0.353 e. The molecule has 0 bridgehead atoms. The summed E-state index contributed by atoms with van der Waals surface area (Å²) in [6.07, 6.45) is 2.36. The number of imidazole rings is 1. The molecule has 3 heteroatoms. The van der Waals surface area contributed by atoms with Gasteiger partial charge in [-0.2, -0.15) is 0 Å². The van der Waals surface area contributed by atoms with Crippen LogP contribution in [0.2, 0.25) is 0 Å². The molecule has 86 valence electrons. The van der Waals surface area contributed by atoms with Crippen molar-refractivity contribution >= 4 is 17.0 Å². The van der Waals surface area contributed by atoms with Gasteiger partial charge in [-0.05, 0) is 25.5 Å². The van der Waals surface area contributed by atoms with Gasteiger partial charge in [-0.1, -0.05) is 25.5 Å². The van der Waals surface area contributed by atoms with Gasteiger partial charge in [0, 0.05) is 13.1 Å². The summed E-state index contributed by atoms with van der Waals surface area (Å²) in [6, 6.07) is 8.68. The number of benzene rings is 1. The van der Waals surface area contributed by atoms with Crippen LogP contribution in [0, 0.1) is 0 Å². The molecule has 1 N–H and O–H groups in total. The number of hydrogen-bond acceptors (Lipinski definition) is 2. The van der Waals surface area contributed by atoms with Gasteiger partial charge in [0.05, 0.1) is 11.0 Å². The first-order valence-corrected chi connectivity index (χ1v) is 5.90. The lowest BCUT2D eigenvalue weighted by Gasteiger charge is -2.13. The number of anilines is 1. The molecule has 0 amide bonds. The van der Waals surface area contributed by atoms with Gasteiger partial charge in [0.2, 0.25) is 5.95 Å². The van der Waals surface area contributed by atoms with Crippen molar-refractivity contribution in [1.82, 2.24) is 9.55 Å².